The number of rotatable bonds is 1. The second kappa shape index (κ2) is 4.43. The van der Waals surface area contributed by atoms with Crippen LogP contribution in [0.15, 0.2) is 24.3 Å². The topological polar surface area (TPSA) is 12.0 Å². The Kier molecular flexibility index (Phi) is 2.93. The predicted molar refractivity (Wildman–Crippen MR) is 76.0 cm³/mol. The van der Waals surface area contributed by atoms with Crippen molar-refractivity contribution in [2.75, 3.05) is 6.54 Å². The van der Waals surface area contributed by atoms with Crippen LogP contribution >= 0.6 is 11.3 Å². The minimum atomic E-state index is 0.667. The highest BCUT2D eigenvalue weighted by Crippen LogP contribution is 2.37. The van der Waals surface area contributed by atoms with Gasteiger partial charge in [0.25, 0.3) is 0 Å². The lowest BCUT2D eigenvalue weighted by atomic mass is 9.91. The van der Waals surface area contributed by atoms with E-state index in [2.05, 4.69) is 43.4 Å². The van der Waals surface area contributed by atoms with Crippen molar-refractivity contribution in [2.45, 2.75) is 38.6 Å². The SMILES string of the molecule is Cc1cccc2sc(C3CCNC(C)C3)cc12. The van der Waals surface area contributed by atoms with Gasteiger partial charge >= 0.3 is 0 Å². The molecule has 1 aliphatic rings. The van der Waals surface area contributed by atoms with Crippen LogP contribution in [0.2, 0.25) is 0 Å². The molecular formula is C15H19NS. The first-order chi connectivity index (χ1) is 8.24. The van der Waals surface area contributed by atoms with Gasteiger partial charge in [-0.25, -0.2) is 0 Å². The zero-order valence-electron chi connectivity index (χ0n) is 10.5. The van der Waals surface area contributed by atoms with Crippen molar-refractivity contribution in [3.05, 3.63) is 34.7 Å². The van der Waals surface area contributed by atoms with Crippen molar-refractivity contribution < 1.29 is 0 Å². The first-order valence-corrected chi connectivity index (χ1v) is 7.28. The molecular weight excluding hydrogens is 226 g/mol. The lowest BCUT2D eigenvalue weighted by Gasteiger charge is -2.27. The fraction of sp³-hybridized carbons (Fsp3) is 0.467. The van der Waals surface area contributed by atoms with Crippen LogP contribution in [-0.4, -0.2) is 12.6 Å². The standard InChI is InChI=1S/C15H19NS/c1-10-4-3-5-14-13(10)9-15(17-14)12-6-7-16-11(2)8-12/h3-5,9,11-12,16H,6-8H2,1-2H3. The van der Waals surface area contributed by atoms with Crippen LogP contribution in [0.1, 0.15) is 36.1 Å². The van der Waals surface area contributed by atoms with Gasteiger partial charge in [-0.2, -0.15) is 0 Å². The maximum absolute atomic E-state index is 3.53. The number of piperidine rings is 1. The third-order valence-corrected chi connectivity index (χ3v) is 5.09. The maximum Gasteiger partial charge on any atom is 0.0348 e. The molecule has 2 atom stereocenters. The zero-order valence-corrected chi connectivity index (χ0v) is 11.3. The Morgan fingerprint density at radius 2 is 2.24 bits per heavy atom. The maximum atomic E-state index is 3.53. The van der Waals surface area contributed by atoms with Gasteiger partial charge in [0.1, 0.15) is 0 Å². The van der Waals surface area contributed by atoms with Crippen LogP contribution < -0.4 is 5.32 Å². The molecule has 1 fully saturated rings. The Morgan fingerprint density at radius 3 is 3.00 bits per heavy atom. The quantitative estimate of drug-likeness (QED) is 0.798. The summed E-state index contributed by atoms with van der Waals surface area (Å²) in [7, 11) is 0. The molecule has 1 aromatic carbocycles. The smallest absolute Gasteiger partial charge is 0.0348 e. The van der Waals surface area contributed by atoms with E-state index >= 15 is 0 Å². The summed E-state index contributed by atoms with van der Waals surface area (Å²) in [5, 5.41) is 4.99. The number of hydrogen-bond donors (Lipinski definition) is 1. The van der Waals surface area contributed by atoms with Crippen molar-refractivity contribution >= 4 is 21.4 Å². The predicted octanol–water partition coefficient (Wildman–Crippen LogP) is 4.07. The van der Waals surface area contributed by atoms with Gasteiger partial charge in [-0.05, 0) is 62.2 Å². The molecule has 3 rings (SSSR count). The molecule has 2 aromatic rings. The van der Waals surface area contributed by atoms with Gasteiger partial charge in [-0.1, -0.05) is 12.1 Å². The van der Waals surface area contributed by atoms with Crippen molar-refractivity contribution in [3.8, 4) is 0 Å². The van der Waals surface area contributed by atoms with Gasteiger partial charge in [-0.15, -0.1) is 11.3 Å². The van der Waals surface area contributed by atoms with Crippen LogP contribution in [0.5, 0.6) is 0 Å². The summed E-state index contributed by atoms with van der Waals surface area (Å²) in [6.45, 7) is 5.67. The molecule has 0 amide bonds. The molecule has 2 unspecified atom stereocenters. The van der Waals surface area contributed by atoms with Crippen molar-refractivity contribution in [3.63, 3.8) is 0 Å². The first-order valence-electron chi connectivity index (χ1n) is 6.46. The molecule has 17 heavy (non-hydrogen) atoms. The molecule has 2 heterocycles. The summed E-state index contributed by atoms with van der Waals surface area (Å²) < 4.78 is 1.45. The first kappa shape index (κ1) is 11.2. The van der Waals surface area contributed by atoms with Crippen LogP contribution in [0.4, 0.5) is 0 Å². The molecule has 1 aromatic heterocycles. The molecule has 0 spiro atoms. The number of hydrogen-bond acceptors (Lipinski definition) is 2. The van der Waals surface area contributed by atoms with Gasteiger partial charge in [0.05, 0.1) is 0 Å². The molecule has 0 bridgehead atoms. The molecule has 0 aliphatic carbocycles. The summed E-state index contributed by atoms with van der Waals surface area (Å²) in [4.78, 5) is 1.59. The fourth-order valence-corrected chi connectivity index (χ4v) is 4.11. The molecule has 0 radical (unpaired) electrons. The van der Waals surface area contributed by atoms with E-state index in [1.54, 1.807) is 4.88 Å². The summed E-state index contributed by atoms with van der Waals surface area (Å²) in [5.41, 5.74) is 1.41. The molecule has 2 heteroatoms. The second-order valence-corrected chi connectivity index (χ2v) is 6.33. The highest BCUT2D eigenvalue weighted by atomic mass is 32.1. The summed E-state index contributed by atoms with van der Waals surface area (Å²) in [6.07, 6.45) is 2.57. The second-order valence-electron chi connectivity index (χ2n) is 5.21. The van der Waals surface area contributed by atoms with Gasteiger partial charge in [-0.3, -0.25) is 0 Å². The molecule has 1 N–H and O–H groups in total. The van der Waals surface area contributed by atoms with Gasteiger partial charge in [0.2, 0.25) is 0 Å². The van der Waals surface area contributed by atoms with Crippen LogP contribution in [-0.2, 0) is 0 Å². The van der Waals surface area contributed by atoms with Gasteiger partial charge in [0.15, 0.2) is 0 Å². The largest absolute Gasteiger partial charge is 0.314 e. The fourth-order valence-electron chi connectivity index (χ4n) is 2.82. The van der Waals surface area contributed by atoms with Crippen LogP contribution in [0.25, 0.3) is 10.1 Å². The van der Waals surface area contributed by atoms with E-state index < -0.39 is 0 Å². The van der Waals surface area contributed by atoms with Crippen molar-refractivity contribution in [2.24, 2.45) is 0 Å². The number of nitrogens with one attached hydrogen (secondary N) is 1. The molecule has 1 saturated heterocycles. The number of thiophene rings is 1. The Labute approximate surface area is 107 Å². The normalized spacial score (nSPS) is 25.3. The minimum absolute atomic E-state index is 0.667. The van der Waals surface area contributed by atoms with Gasteiger partial charge in [0, 0.05) is 15.6 Å². The number of aryl methyl sites for hydroxylation is 1. The number of benzene rings is 1. The van der Waals surface area contributed by atoms with Crippen molar-refractivity contribution in [1.82, 2.24) is 5.32 Å². The Hall–Kier alpha value is -0.860. The van der Waals surface area contributed by atoms with Crippen LogP contribution in [0.3, 0.4) is 0 Å². The Balaban J connectivity index is 1.97. The summed E-state index contributed by atoms with van der Waals surface area (Å²) in [5.74, 6) is 0.767. The Bertz CT molecular complexity index is 529. The molecule has 1 aliphatic heterocycles. The zero-order chi connectivity index (χ0) is 11.8. The van der Waals surface area contributed by atoms with E-state index in [0.717, 1.165) is 5.92 Å². The van der Waals surface area contributed by atoms with E-state index in [0.29, 0.717) is 6.04 Å². The average Bonchev–Trinajstić information content (AvgIpc) is 2.74. The van der Waals surface area contributed by atoms with E-state index in [4.69, 9.17) is 0 Å². The van der Waals surface area contributed by atoms with Gasteiger partial charge < -0.3 is 5.32 Å². The van der Waals surface area contributed by atoms with E-state index in [9.17, 15) is 0 Å². The third kappa shape index (κ3) is 2.12. The van der Waals surface area contributed by atoms with E-state index in [-0.39, 0.29) is 0 Å². The highest BCUT2D eigenvalue weighted by molar-refractivity contribution is 7.19. The summed E-state index contributed by atoms with van der Waals surface area (Å²) in [6, 6.07) is 9.73. The average molecular weight is 245 g/mol. The van der Waals surface area contributed by atoms with Crippen molar-refractivity contribution in [1.29, 1.82) is 0 Å². The third-order valence-electron chi connectivity index (χ3n) is 3.82. The molecule has 0 saturated carbocycles. The minimum Gasteiger partial charge on any atom is -0.314 e. The lowest BCUT2D eigenvalue weighted by molar-refractivity contribution is 0.384. The number of fused-ring (bicyclic) bond motifs is 1. The molecule has 1 nitrogen and oxygen atoms in total. The molecule has 90 valence electrons. The highest BCUT2D eigenvalue weighted by Gasteiger charge is 2.21. The summed E-state index contributed by atoms with van der Waals surface area (Å²) >= 11 is 1.99. The van der Waals surface area contributed by atoms with E-state index in [1.807, 2.05) is 11.3 Å². The van der Waals surface area contributed by atoms with Crippen LogP contribution in [0, 0.1) is 6.92 Å². The monoisotopic (exact) mass is 245 g/mol. The van der Waals surface area contributed by atoms with E-state index in [1.165, 1.54) is 35.0 Å². The Morgan fingerprint density at radius 1 is 1.35 bits per heavy atom. The lowest BCUT2D eigenvalue weighted by Crippen LogP contribution is -2.34.